The van der Waals surface area contributed by atoms with E-state index in [0.29, 0.717) is 8.73 Å². The third-order valence-electron chi connectivity index (χ3n) is 0.319. The molecule has 0 amide bonds. The van der Waals surface area contributed by atoms with Crippen LogP contribution in [0.5, 0.6) is 0 Å². The Labute approximate surface area is 40.1 Å². The molecule has 0 rings (SSSR count). The van der Waals surface area contributed by atoms with Gasteiger partial charge >= 0.3 is 0 Å². The van der Waals surface area contributed by atoms with Crippen LogP contribution in [0.4, 0.5) is 0 Å². The Hall–Kier alpha value is 0.350. The molecular weight excluding hydrogens is 97.0 g/mol. The zero-order valence-corrected chi connectivity index (χ0v) is 5.12. The number of rotatable bonds is 3. The van der Waals surface area contributed by atoms with Crippen LogP contribution in [0.1, 0.15) is 6.92 Å². The first-order chi connectivity index (χ1) is 2.91. The summed E-state index contributed by atoms with van der Waals surface area (Å²) in [5.74, 6) is 0. The SMILES string of the molecule is CCONPC. The van der Waals surface area contributed by atoms with Crippen LogP contribution in [0, 0.1) is 0 Å². The Morgan fingerprint density at radius 3 is 2.67 bits per heavy atom. The second-order valence-corrected chi connectivity index (χ2v) is 1.49. The molecule has 0 saturated heterocycles. The van der Waals surface area contributed by atoms with Crippen molar-refractivity contribution in [3.63, 3.8) is 0 Å². The Kier molecular flexibility index (Phi) is 5.66. The number of hydrogen-bond acceptors (Lipinski definition) is 2. The quantitative estimate of drug-likeness (QED) is 0.326. The zero-order valence-electron chi connectivity index (χ0n) is 4.12. The van der Waals surface area contributed by atoms with Gasteiger partial charge in [-0.2, -0.15) is 5.25 Å². The highest BCUT2D eigenvalue weighted by molar-refractivity contribution is 7.34. The van der Waals surface area contributed by atoms with Crippen molar-refractivity contribution in [1.82, 2.24) is 5.25 Å². The van der Waals surface area contributed by atoms with Crippen LogP contribution in [0.25, 0.3) is 0 Å². The van der Waals surface area contributed by atoms with Crippen LogP contribution in [0.2, 0.25) is 0 Å². The van der Waals surface area contributed by atoms with E-state index >= 15 is 0 Å². The van der Waals surface area contributed by atoms with Gasteiger partial charge in [0.05, 0.1) is 6.61 Å². The lowest BCUT2D eigenvalue weighted by atomic mass is 10.9. The number of hydrogen-bond donors (Lipinski definition) is 1. The van der Waals surface area contributed by atoms with E-state index in [2.05, 4.69) is 5.25 Å². The van der Waals surface area contributed by atoms with Crippen molar-refractivity contribution >= 4 is 8.73 Å². The normalized spacial score (nSPS) is 11.0. The van der Waals surface area contributed by atoms with E-state index in [9.17, 15) is 0 Å². The second-order valence-electron chi connectivity index (χ2n) is 0.785. The van der Waals surface area contributed by atoms with Crippen molar-refractivity contribution in [2.75, 3.05) is 13.3 Å². The molecule has 38 valence electrons. The molecule has 3 heteroatoms. The number of nitrogens with one attached hydrogen (secondary N) is 1. The summed E-state index contributed by atoms with van der Waals surface area (Å²) in [5, 5.41) is 2.73. The van der Waals surface area contributed by atoms with Gasteiger partial charge < -0.3 is 0 Å². The molecule has 0 aromatic heterocycles. The fourth-order valence-corrected chi connectivity index (χ4v) is 0.433. The molecule has 0 aliphatic heterocycles. The minimum Gasteiger partial charge on any atom is -0.299 e. The van der Waals surface area contributed by atoms with Crippen LogP contribution < -0.4 is 5.25 Å². The molecule has 0 bridgehead atoms. The van der Waals surface area contributed by atoms with Crippen LogP contribution in [-0.2, 0) is 4.84 Å². The molecule has 0 aromatic carbocycles. The van der Waals surface area contributed by atoms with Crippen LogP contribution in [0.3, 0.4) is 0 Å². The minimum absolute atomic E-state index is 0.692. The maximum absolute atomic E-state index is 4.74. The Morgan fingerprint density at radius 2 is 2.50 bits per heavy atom. The van der Waals surface area contributed by atoms with Gasteiger partial charge in [0.25, 0.3) is 0 Å². The second kappa shape index (κ2) is 5.35. The maximum atomic E-state index is 4.74. The fraction of sp³-hybridized carbons (Fsp3) is 1.00. The molecule has 0 fully saturated rings. The smallest absolute Gasteiger partial charge is 0.0657 e. The molecule has 0 spiro atoms. The standard InChI is InChI=1S/C3H10NOP/c1-3-5-4-6-2/h4,6H,3H2,1-2H3. The topological polar surface area (TPSA) is 21.3 Å². The van der Waals surface area contributed by atoms with E-state index in [1.807, 2.05) is 13.6 Å². The van der Waals surface area contributed by atoms with Crippen molar-refractivity contribution in [3.05, 3.63) is 0 Å². The van der Waals surface area contributed by atoms with Gasteiger partial charge in [-0.3, -0.25) is 4.84 Å². The first-order valence-corrected chi connectivity index (χ1v) is 3.45. The first-order valence-electron chi connectivity index (χ1n) is 1.95. The van der Waals surface area contributed by atoms with E-state index in [-0.39, 0.29) is 0 Å². The molecule has 1 N–H and O–H groups in total. The highest BCUT2D eigenvalue weighted by Crippen LogP contribution is 1.89. The van der Waals surface area contributed by atoms with Gasteiger partial charge in [0.1, 0.15) is 0 Å². The lowest BCUT2D eigenvalue weighted by Crippen LogP contribution is -2.00. The monoisotopic (exact) mass is 107 g/mol. The summed E-state index contributed by atoms with van der Waals surface area (Å²) < 4.78 is 0. The molecule has 0 heterocycles. The van der Waals surface area contributed by atoms with E-state index in [4.69, 9.17) is 4.84 Å². The van der Waals surface area contributed by atoms with E-state index in [1.165, 1.54) is 0 Å². The molecule has 0 aliphatic carbocycles. The van der Waals surface area contributed by atoms with Crippen LogP contribution in [-0.4, -0.2) is 13.3 Å². The summed E-state index contributed by atoms with van der Waals surface area (Å²) in [6.45, 7) is 4.73. The third kappa shape index (κ3) is 4.35. The highest BCUT2D eigenvalue weighted by Gasteiger charge is 1.69. The predicted octanol–water partition coefficient (Wildman–Crippen LogP) is 0.751. The van der Waals surface area contributed by atoms with Gasteiger partial charge in [-0.1, -0.05) is 0 Å². The Morgan fingerprint density at radius 1 is 1.83 bits per heavy atom. The van der Waals surface area contributed by atoms with Gasteiger partial charge in [0.15, 0.2) is 0 Å². The predicted molar refractivity (Wildman–Crippen MR) is 29.0 cm³/mol. The van der Waals surface area contributed by atoms with Crippen molar-refractivity contribution in [2.45, 2.75) is 6.92 Å². The molecule has 0 radical (unpaired) electrons. The molecule has 6 heavy (non-hydrogen) atoms. The van der Waals surface area contributed by atoms with Crippen LogP contribution in [0.15, 0.2) is 0 Å². The lowest BCUT2D eigenvalue weighted by molar-refractivity contribution is 0.111. The lowest BCUT2D eigenvalue weighted by Gasteiger charge is -1.94. The summed E-state index contributed by atoms with van der Waals surface area (Å²) in [4.78, 5) is 4.74. The zero-order chi connectivity index (χ0) is 4.83. The van der Waals surface area contributed by atoms with E-state index in [0.717, 1.165) is 6.61 Å². The highest BCUT2D eigenvalue weighted by atomic mass is 31.1. The molecule has 0 aromatic rings. The molecule has 1 atom stereocenters. The van der Waals surface area contributed by atoms with Crippen molar-refractivity contribution in [1.29, 1.82) is 0 Å². The van der Waals surface area contributed by atoms with Gasteiger partial charge in [0.2, 0.25) is 0 Å². The summed E-state index contributed by atoms with van der Waals surface area (Å²) in [5.41, 5.74) is 0. The molecule has 0 aliphatic rings. The maximum Gasteiger partial charge on any atom is 0.0657 e. The summed E-state index contributed by atoms with van der Waals surface area (Å²) in [6.07, 6.45) is 0. The molecular formula is C3H10NOP. The molecule has 0 saturated carbocycles. The van der Waals surface area contributed by atoms with E-state index < -0.39 is 0 Å². The minimum atomic E-state index is 0.692. The van der Waals surface area contributed by atoms with Crippen molar-refractivity contribution in [2.24, 2.45) is 0 Å². The average molecular weight is 107 g/mol. The fourth-order valence-electron chi connectivity index (χ4n) is 0.144. The van der Waals surface area contributed by atoms with Crippen LogP contribution >= 0.6 is 8.73 Å². The third-order valence-corrected chi connectivity index (χ3v) is 0.667. The van der Waals surface area contributed by atoms with E-state index in [1.54, 1.807) is 0 Å². The van der Waals surface area contributed by atoms with Gasteiger partial charge in [-0.05, 0) is 22.3 Å². The first kappa shape index (κ1) is 6.35. The van der Waals surface area contributed by atoms with Gasteiger partial charge in [-0.15, -0.1) is 0 Å². The summed E-state index contributed by atoms with van der Waals surface area (Å²) >= 11 is 0. The Balaban J connectivity index is 2.34. The molecule has 2 nitrogen and oxygen atoms in total. The largest absolute Gasteiger partial charge is 0.299 e. The summed E-state index contributed by atoms with van der Waals surface area (Å²) in [6, 6.07) is 0. The Bertz CT molecular complexity index is 22.8. The molecule has 1 unspecified atom stereocenters. The van der Waals surface area contributed by atoms with Gasteiger partial charge in [-0.25, -0.2) is 0 Å². The van der Waals surface area contributed by atoms with Crippen molar-refractivity contribution < 1.29 is 4.84 Å². The average Bonchev–Trinajstić information content (AvgIpc) is 1.61. The van der Waals surface area contributed by atoms with Gasteiger partial charge in [0, 0.05) is 0 Å². The van der Waals surface area contributed by atoms with Crippen molar-refractivity contribution in [3.8, 4) is 0 Å². The summed E-state index contributed by atoms with van der Waals surface area (Å²) in [7, 11) is 0.692.